The van der Waals surface area contributed by atoms with Gasteiger partial charge in [-0.15, -0.1) is 0 Å². The third-order valence-electron chi connectivity index (χ3n) is 2.57. The van der Waals surface area contributed by atoms with Gasteiger partial charge in [-0.25, -0.2) is 10.3 Å². The number of urea groups is 1. The first-order valence-corrected chi connectivity index (χ1v) is 4.74. The molecule has 0 aliphatic carbocycles. The highest BCUT2D eigenvalue weighted by Crippen LogP contribution is 2.20. The van der Waals surface area contributed by atoms with E-state index in [9.17, 15) is 4.79 Å². The second-order valence-corrected chi connectivity index (χ2v) is 3.80. The summed E-state index contributed by atoms with van der Waals surface area (Å²) in [5, 5.41) is 0. The molecule has 4 heteroatoms. The van der Waals surface area contributed by atoms with E-state index >= 15 is 0 Å². The molecule has 4 nitrogen and oxygen atoms in total. The summed E-state index contributed by atoms with van der Waals surface area (Å²) >= 11 is 0. The van der Waals surface area contributed by atoms with Crippen LogP contribution in [-0.4, -0.2) is 30.6 Å². The van der Waals surface area contributed by atoms with Crippen molar-refractivity contribution in [2.24, 2.45) is 5.92 Å². The fourth-order valence-corrected chi connectivity index (χ4v) is 1.72. The van der Waals surface area contributed by atoms with Crippen LogP contribution in [0.1, 0.15) is 26.7 Å². The second kappa shape index (κ2) is 4.46. The molecule has 1 aliphatic rings. The number of amides is 2. The van der Waals surface area contributed by atoms with Gasteiger partial charge in [-0.1, -0.05) is 6.92 Å². The molecule has 0 spiro atoms. The van der Waals surface area contributed by atoms with E-state index in [0.717, 1.165) is 13.0 Å². The van der Waals surface area contributed by atoms with Crippen molar-refractivity contribution in [2.75, 3.05) is 13.7 Å². The first kappa shape index (κ1) is 10.3. The van der Waals surface area contributed by atoms with Gasteiger partial charge in [0.15, 0.2) is 0 Å². The van der Waals surface area contributed by atoms with Gasteiger partial charge in [0.05, 0.1) is 7.11 Å². The minimum Gasteiger partial charge on any atom is -0.320 e. The minimum absolute atomic E-state index is 0.124. The van der Waals surface area contributed by atoms with Crippen molar-refractivity contribution in [2.45, 2.75) is 32.7 Å². The number of carbonyl (C=O) groups is 1. The maximum absolute atomic E-state index is 11.4. The molecule has 0 radical (unpaired) electrons. The van der Waals surface area contributed by atoms with Crippen molar-refractivity contribution in [3.63, 3.8) is 0 Å². The molecule has 1 saturated heterocycles. The van der Waals surface area contributed by atoms with Crippen LogP contribution in [0.2, 0.25) is 0 Å². The Hall–Kier alpha value is -0.770. The highest BCUT2D eigenvalue weighted by molar-refractivity contribution is 5.73. The van der Waals surface area contributed by atoms with Gasteiger partial charge in [0.2, 0.25) is 0 Å². The average molecular weight is 186 g/mol. The zero-order valence-corrected chi connectivity index (χ0v) is 8.54. The monoisotopic (exact) mass is 186 g/mol. The molecule has 0 aromatic carbocycles. The Balaban J connectivity index is 2.50. The summed E-state index contributed by atoms with van der Waals surface area (Å²) in [6.07, 6.45) is 2.29. The van der Waals surface area contributed by atoms with Gasteiger partial charge in [0, 0.05) is 12.6 Å². The molecule has 1 rings (SSSR count). The molecule has 0 aromatic rings. The first-order valence-electron chi connectivity index (χ1n) is 4.74. The van der Waals surface area contributed by atoms with Crippen molar-refractivity contribution in [3.8, 4) is 0 Å². The average Bonchev–Trinajstić information content (AvgIpc) is 2.09. The number of piperidine rings is 1. The Morgan fingerprint density at radius 1 is 1.46 bits per heavy atom. The SMILES string of the molecule is CONC(=O)N1CC(C)CCC1C. The van der Waals surface area contributed by atoms with Crippen LogP contribution in [0.5, 0.6) is 0 Å². The molecule has 0 aromatic heterocycles. The minimum atomic E-state index is -0.124. The van der Waals surface area contributed by atoms with Crippen LogP contribution in [0.3, 0.4) is 0 Å². The number of hydroxylamine groups is 1. The number of carbonyl (C=O) groups excluding carboxylic acids is 1. The molecule has 1 fully saturated rings. The Morgan fingerprint density at radius 2 is 2.15 bits per heavy atom. The van der Waals surface area contributed by atoms with Crippen LogP contribution in [0.4, 0.5) is 4.79 Å². The molecule has 1 heterocycles. The molecule has 1 N–H and O–H groups in total. The quantitative estimate of drug-likeness (QED) is 0.628. The number of hydrogen-bond acceptors (Lipinski definition) is 2. The van der Waals surface area contributed by atoms with Crippen molar-refractivity contribution < 1.29 is 9.63 Å². The summed E-state index contributed by atoms with van der Waals surface area (Å²) in [7, 11) is 1.45. The van der Waals surface area contributed by atoms with Crippen molar-refractivity contribution in [1.29, 1.82) is 0 Å². The van der Waals surface area contributed by atoms with Gasteiger partial charge in [-0.05, 0) is 25.7 Å². The zero-order chi connectivity index (χ0) is 9.84. The summed E-state index contributed by atoms with van der Waals surface area (Å²) in [6.45, 7) is 5.07. The maximum Gasteiger partial charge on any atom is 0.341 e. The zero-order valence-electron chi connectivity index (χ0n) is 8.54. The molecular weight excluding hydrogens is 168 g/mol. The van der Waals surface area contributed by atoms with Gasteiger partial charge in [0.25, 0.3) is 0 Å². The Bertz CT molecular complexity index is 184. The van der Waals surface area contributed by atoms with E-state index < -0.39 is 0 Å². The van der Waals surface area contributed by atoms with Crippen LogP contribution >= 0.6 is 0 Å². The third kappa shape index (κ3) is 2.59. The maximum atomic E-state index is 11.4. The highest BCUT2D eigenvalue weighted by Gasteiger charge is 2.26. The molecule has 1 aliphatic heterocycles. The van der Waals surface area contributed by atoms with Crippen LogP contribution in [0.25, 0.3) is 0 Å². The number of rotatable bonds is 1. The number of nitrogens with one attached hydrogen (secondary N) is 1. The van der Waals surface area contributed by atoms with E-state index in [2.05, 4.69) is 24.2 Å². The van der Waals surface area contributed by atoms with E-state index in [1.54, 1.807) is 0 Å². The predicted octanol–water partition coefficient (Wildman–Crippen LogP) is 1.38. The Morgan fingerprint density at radius 3 is 2.77 bits per heavy atom. The summed E-state index contributed by atoms with van der Waals surface area (Å²) in [6, 6.07) is 0.202. The smallest absolute Gasteiger partial charge is 0.320 e. The van der Waals surface area contributed by atoms with Gasteiger partial charge in [-0.3, -0.25) is 4.84 Å². The molecule has 2 unspecified atom stereocenters. The van der Waals surface area contributed by atoms with Gasteiger partial charge in [-0.2, -0.15) is 0 Å². The predicted molar refractivity (Wildman–Crippen MR) is 50.1 cm³/mol. The van der Waals surface area contributed by atoms with E-state index in [1.807, 2.05) is 4.90 Å². The molecule has 0 bridgehead atoms. The topological polar surface area (TPSA) is 41.6 Å². The molecule has 2 amide bonds. The van der Waals surface area contributed by atoms with E-state index in [0.29, 0.717) is 12.0 Å². The fourth-order valence-electron chi connectivity index (χ4n) is 1.72. The lowest BCUT2D eigenvalue weighted by Gasteiger charge is -2.36. The molecular formula is C9H18N2O2. The second-order valence-electron chi connectivity index (χ2n) is 3.80. The van der Waals surface area contributed by atoms with Gasteiger partial charge < -0.3 is 4.90 Å². The summed E-state index contributed by atoms with van der Waals surface area (Å²) in [4.78, 5) is 17.9. The highest BCUT2D eigenvalue weighted by atomic mass is 16.6. The van der Waals surface area contributed by atoms with Gasteiger partial charge >= 0.3 is 6.03 Å². The van der Waals surface area contributed by atoms with E-state index in [4.69, 9.17) is 0 Å². The van der Waals surface area contributed by atoms with Crippen LogP contribution in [-0.2, 0) is 4.84 Å². The lowest BCUT2D eigenvalue weighted by molar-refractivity contribution is 0.0657. The Labute approximate surface area is 79.2 Å². The Kier molecular flexibility index (Phi) is 3.54. The fraction of sp³-hybridized carbons (Fsp3) is 0.889. The summed E-state index contributed by atoms with van der Waals surface area (Å²) in [5.74, 6) is 0.596. The standard InChI is InChI=1S/C9H18N2O2/c1-7-4-5-8(2)11(6-7)9(12)10-13-3/h7-8H,4-6H2,1-3H3,(H,10,12). The van der Waals surface area contributed by atoms with Crippen LogP contribution in [0, 0.1) is 5.92 Å². The molecule has 2 atom stereocenters. The summed E-state index contributed by atoms with van der Waals surface area (Å²) < 4.78 is 0. The lowest BCUT2D eigenvalue weighted by atomic mass is 9.95. The van der Waals surface area contributed by atoms with Crippen molar-refractivity contribution in [3.05, 3.63) is 0 Å². The number of likely N-dealkylation sites (tertiary alicyclic amines) is 1. The largest absolute Gasteiger partial charge is 0.341 e. The normalized spacial score (nSPS) is 28.7. The van der Waals surface area contributed by atoms with Crippen molar-refractivity contribution in [1.82, 2.24) is 10.4 Å². The first-order chi connectivity index (χ1) is 6.15. The van der Waals surface area contributed by atoms with E-state index in [-0.39, 0.29) is 6.03 Å². The van der Waals surface area contributed by atoms with Crippen LogP contribution in [0.15, 0.2) is 0 Å². The number of hydrogen-bond donors (Lipinski definition) is 1. The third-order valence-corrected chi connectivity index (χ3v) is 2.57. The van der Waals surface area contributed by atoms with Crippen molar-refractivity contribution >= 4 is 6.03 Å². The van der Waals surface area contributed by atoms with E-state index in [1.165, 1.54) is 13.5 Å². The molecule has 76 valence electrons. The number of nitrogens with zero attached hydrogens (tertiary/aromatic N) is 1. The molecule has 13 heavy (non-hydrogen) atoms. The molecule has 0 saturated carbocycles. The lowest BCUT2D eigenvalue weighted by Crippen LogP contribution is -2.49. The van der Waals surface area contributed by atoms with Gasteiger partial charge in [0.1, 0.15) is 0 Å². The summed E-state index contributed by atoms with van der Waals surface area (Å²) in [5.41, 5.74) is 2.35. The van der Waals surface area contributed by atoms with Crippen LogP contribution < -0.4 is 5.48 Å².